The van der Waals surface area contributed by atoms with Gasteiger partial charge < -0.3 is 15.4 Å². The molecule has 2 aromatic rings. The maximum atomic E-state index is 13.3. The first-order valence-corrected chi connectivity index (χ1v) is 11.7. The summed E-state index contributed by atoms with van der Waals surface area (Å²) in [5.74, 6) is -0.361. The zero-order valence-electron chi connectivity index (χ0n) is 17.0. The Kier molecular flexibility index (Phi) is 5.67. The normalized spacial score (nSPS) is 21.2. The van der Waals surface area contributed by atoms with Crippen LogP contribution >= 0.6 is 11.6 Å². The lowest BCUT2D eigenvalue weighted by Crippen LogP contribution is -2.43. The third-order valence-electron chi connectivity index (χ3n) is 5.43. The number of carbonyl (C=O) groups excluding carboxylic acids is 2. The predicted molar refractivity (Wildman–Crippen MR) is 117 cm³/mol. The summed E-state index contributed by atoms with van der Waals surface area (Å²) in [7, 11) is -3.96. The van der Waals surface area contributed by atoms with Crippen LogP contribution in [0, 0.1) is 6.92 Å². The van der Waals surface area contributed by atoms with Gasteiger partial charge in [0, 0.05) is 17.3 Å². The van der Waals surface area contributed by atoms with Gasteiger partial charge in [-0.2, -0.15) is 4.31 Å². The van der Waals surface area contributed by atoms with Gasteiger partial charge >= 0.3 is 0 Å². The van der Waals surface area contributed by atoms with Crippen LogP contribution in [0.3, 0.4) is 0 Å². The molecule has 10 heteroatoms. The summed E-state index contributed by atoms with van der Waals surface area (Å²) in [6, 6.07) is 8.60. The minimum atomic E-state index is -3.96. The van der Waals surface area contributed by atoms with Crippen LogP contribution in [0.2, 0.25) is 5.02 Å². The lowest BCUT2D eigenvalue weighted by atomic mass is 10.2. The van der Waals surface area contributed by atoms with E-state index in [-0.39, 0.29) is 17.3 Å². The minimum absolute atomic E-state index is 0.0113. The number of rotatable bonds is 4. The number of ether oxygens (including phenoxy) is 1. The van der Waals surface area contributed by atoms with Gasteiger partial charge in [-0.05, 0) is 62.6 Å². The second-order valence-corrected chi connectivity index (χ2v) is 9.93. The van der Waals surface area contributed by atoms with Crippen molar-refractivity contribution < 1.29 is 22.7 Å². The molecule has 2 aliphatic rings. The van der Waals surface area contributed by atoms with Crippen LogP contribution < -0.4 is 15.4 Å². The first kappa shape index (κ1) is 21.6. The molecule has 0 spiro atoms. The predicted octanol–water partition coefficient (Wildman–Crippen LogP) is 3.16. The Labute approximate surface area is 185 Å². The SMILES string of the molecule is Cc1ccc(NC(=O)[C@@H]2CCCN2S(=O)(=O)c2ccc3c(c2)NC(=O)[C@H](C)O3)cc1Cl. The fourth-order valence-electron chi connectivity index (χ4n) is 3.67. The molecule has 1 saturated heterocycles. The van der Waals surface area contributed by atoms with E-state index in [1.807, 2.05) is 6.92 Å². The Morgan fingerprint density at radius 3 is 2.77 bits per heavy atom. The van der Waals surface area contributed by atoms with E-state index in [0.717, 1.165) is 5.56 Å². The zero-order valence-corrected chi connectivity index (χ0v) is 18.6. The van der Waals surface area contributed by atoms with Crippen molar-refractivity contribution in [2.24, 2.45) is 0 Å². The lowest BCUT2D eigenvalue weighted by Gasteiger charge is -2.26. The second-order valence-electron chi connectivity index (χ2n) is 7.63. The molecule has 0 radical (unpaired) electrons. The third kappa shape index (κ3) is 4.13. The van der Waals surface area contributed by atoms with E-state index < -0.39 is 28.1 Å². The Balaban J connectivity index is 1.57. The van der Waals surface area contributed by atoms with Gasteiger partial charge in [-0.15, -0.1) is 0 Å². The second kappa shape index (κ2) is 8.14. The summed E-state index contributed by atoms with van der Waals surface area (Å²) in [6.45, 7) is 3.69. The molecule has 0 bridgehead atoms. The van der Waals surface area contributed by atoms with Crippen molar-refractivity contribution in [3.63, 3.8) is 0 Å². The Hall–Kier alpha value is -2.62. The highest BCUT2D eigenvalue weighted by molar-refractivity contribution is 7.89. The standard InChI is InChI=1S/C21H22ClN3O5S/c1-12-5-6-14(10-16(12)22)23-21(27)18-4-3-9-25(18)31(28,29)15-7-8-19-17(11-15)24-20(26)13(2)30-19/h5-8,10-11,13,18H,3-4,9H2,1-2H3,(H,23,27)(H,24,26)/t13-,18-/m0/s1. The first-order valence-electron chi connectivity index (χ1n) is 9.87. The maximum absolute atomic E-state index is 13.3. The number of benzene rings is 2. The Morgan fingerprint density at radius 2 is 2.03 bits per heavy atom. The van der Waals surface area contributed by atoms with E-state index in [1.54, 1.807) is 25.1 Å². The monoisotopic (exact) mass is 463 g/mol. The van der Waals surface area contributed by atoms with Crippen LogP contribution in [-0.2, 0) is 19.6 Å². The van der Waals surface area contributed by atoms with Crippen LogP contribution in [-0.4, -0.2) is 43.2 Å². The first-order chi connectivity index (χ1) is 14.7. The number of aryl methyl sites for hydroxylation is 1. The van der Waals surface area contributed by atoms with E-state index in [9.17, 15) is 18.0 Å². The number of amides is 2. The fourth-order valence-corrected chi connectivity index (χ4v) is 5.53. The number of anilines is 2. The van der Waals surface area contributed by atoms with Crippen molar-refractivity contribution in [3.8, 4) is 5.75 Å². The maximum Gasteiger partial charge on any atom is 0.265 e. The Morgan fingerprint density at radius 1 is 1.26 bits per heavy atom. The molecule has 0 aromatic heterocycles. The highest BCUT2D eigenvalue weighted by Crippen LogP contribution is 2.34. The van der Waals surface area contributed by atoms with E-state index in [1.165, 1.54) is 22.5 Å². The van der Waals surface area contributed by atoms with Crippen molar-refractivity contribution >= 4 is 44.8 Å². The molecule has 2 aromatic carbocycles. The van der Waals surface area contributed by atoms with Gasteiger partial charge in [0.05, 0.1) is 10.6 Å². The van der Waals surface area contributed by atoms with Crippen molar-refractivity contribution in [2.75, 3.05) is 17.2 Å². The molecular weight excluding hydrogens is 442 g/mol. The number of hydrogen-bond donors (Lipinski definition) is 2. The smallest absolute Gasteiger partial charge is 0.265 e. The topological polar surface area (TPSA) is 105 Å². The highest BCUT2D eigenvalue weighted by atomic mass is 35.5. The largest absolute Gasteiger partial charge is 0.479 e. The summed E-state index contributed by atoms with van der Waals surface area (Å²) in [4.78, 5) is 24.7. The van der Waals surface area contributed by atoms with Crippen LogP contribution in [0.5, 0.6) is 5.75 Å². The number of hydrogen-bond acceptors (Lipinski definition) is 5. The third-order valence-corrected chi connectivity index (χ3v) is 7.75. The summed E-state index contributed by atoms with van der Waals surface area (Å²) in [5.41, 5.74) is 1.67. The van der Waals surface area contributed by atoms with Crippen LogP contribution in [0.15, 0.2) is 41.3 Å². The molecule has 0 unspecified atom stereocenters. The van der Waals surface area contributed by atoms with Gasteiger partial charge in [-0.25, -0.2) is 8.42 Å². The quantitative estimate of drug-likeness (QED) is 0.724. The molecule has 0 saturated carbocycles. The molecule has 8 nitrogen and oxygen atoms in total. The number of carbonyl (C=O) groups is 2. The van der Waals surface area contributed by atoms with Gasteiger partial charge in [0.25, 0.3) is 5.91 Å². The number of sulfonamides is 1. The van der Waals surface area contributed by atoms with Gasteiger partial charge in [-0.3, -0.25) is 9.59 Å². The molecule has 0 aliphatic carbocycles. The molecule has 2 amide bonds. The molecule has 2 atom stereocenters. The molecule has 31 heavy (non-hydrogen) atoms. The molecule has 4 rings (SSSR count). The van der Waals surface area contributed by atoms with Crippen molar-refractivity contribution in [2.45, 2.75) is 43.7 Å². The summed E-state index contributed by atoms with van der Waals surface area (Å²) < 4.78 is 33.3. The van der Waals surface area contributed by atoms with Crippen molar-refractivity contribution in [3.05, 3.63) is 47.0 Å². The van der Waals surface area contributed by atoms with Crippen LogP contribution in [0.25, 0.3) is 0 Å². The van der Waals surface area contributed by atoms with Gasteiger partial charge in [0.1, 0.15) is 11.8 Å². The van der Waals surface area contributed by atoms with E-state index in [2.05, 4.69) is 10.6 Å². The number of fused-ring (bicyclic) bond motifs is 1. The van der Waals surface area contributed by atoms with Crippen molar-refractivity contribution in [1.29, 1.82) is 0 Å². The summed E-state index contributed by atoms with van der Waals surface area (Å²) >= 11 is 6.12. The lowest BCUT2D eigenvalue weighted by molar-refractivity contribution is -0.122. The van der Waals surface area contributed by atoms with Crippen molar-refractivity contribution in [1.82, 2.24) is 4.31 Å². The van der Waals surface area contributed by atoms with Crippen LogP contribution in [0.4, 0.5) is 11.4 Å². The zero-order chi connectivity index (χ0) is 22.3. The molecule has 2 N–H and O–H groups in total. The van der Waals surface area contributed by atoms with E-state index in [4.69, 9.17) is 16.3 Å². The average Bonchev–Trinajstić information content (AvgIpc) is 3.22. The highest BCUT2D eigenvalue weighted by Gasteiger charge is 2.40. The molecule has 2 aliphatic heterocycles. The molecule has 1 fully saturated rings. The van der Waals surface area contributed by atoms with E-state index >= 15 is 0 Å². The van der Waals surface area contributed by atoms with Gasteiger partial charge in [0.2, 0.25) is 15.9 Å². The number of nitrogens with zero attached hydrogens (tertiary/aromatic N) is 1. The van der Waals surface area contributed by atoms with E-state index in [0.29, 0.717) is 35.0 Å². The minimum Gasteiger partial charge on any atom is -0.479 e. The number of halogens is 1. The van der Waals surface area contributed by atoms with Gasteiger partial charge in [-0.1, -0.05) is 17.7 Å². The number of nitrogens with one attached hydrogen (secondary N) is 2. The fraction of sp³-hybridized carbons (Fsp3) is 0.333. The molecule has 164 valence electrons. The van der Waals surface area contributed by atoms with Crippen LogP contribution in [0.1, 0.15) is 25.3 Å². The summed E-state index contributed by atoms with van der Waals surface area (Å²) in [6.07, 6.45) is 0.318. The Bertz CT molecular complexity index is 1170. The molecular formula is C21H22ClN3O5S. The summed E-state index contributed by atoms with van der Waals surface area (Å²) in [5, 5.41) is 5.93. The average molecular weight is 464 g/mol. The van der Waals surface area contributed by atoms with Gasteiger partial charge in [0.15, 0.2) is 6.10 Å². The molecule has 2 heterocycles.